The lowest BCUT2D eigenvalue weighted by Gasteiger charge is -2.24. The van der Waals surface area contributed by atoms with Crippen LogP contribution in [0.4, 0.5) is 13.9 Å². The van der Waals surface area contributed by atoms with Crippen molar-refractivity contribution in [2.75, 3.05) is 43.6 Å². The fourth-order valence-electron chi connectivity index (χ4n) is 3.89. The average Bonchev–Trinajstić information content (AvgIpc) is 3.69. The first-order valence-corrected chi connectivity index (χ1v) is 15.2. The lowest BCUT2D eigenvalue weighted by atomic mass is 9.98. The summed E-state index contributed by atoms with van der Waals surface area (Å²) < 4.78 is 55.8. The van der Waals surface area contributed by atoms with Gasteiger partial charge >= 0.3 is 0 Å². The third-order valence-electron chi connectivity index (χ3n) is 6.30. The zero-order valence-corrected chi connectivity index (χ0v) is 23.5. The third-order valence-corrected chi connectivity index (χ3v) is 8.66. The Morgan fingerprint density at radius 2 is 1.98 bits per heavy atom. The molecule has 1 saturated carbocycles. The third kappa shape index (κ3) is 7.36. The number of halogens is 2. The van der Waals surface area contributed by atoms with E-state index < -0.39 is 27.9 Å². The summed E-state index contributed by atoms with van der Waals surface area (Å²) >= 11 is 1.12. The second-order valence-electron chi connectivity index (χ2n) is 9.35. The van der Waals surface area contributed by atoms with Crippen LogP contribution < -0.4 is 10.1 Å². The molecule has 1 aromatic carbocycles. The normalized spacial score (nSPS) is 16.1. The fraction of sp³-hybridized carbons (Fsp3) is 0.357. The van der Waals surface area contributed by atoms with Gasteiger partial charge in [0.2, 0.25) is 5.13 Å². The first kappa shape index (κ1) is 28.4. The van der Waals surface area contributed by atoms with Crippen LogP contribution in [0.15, 0.2) is 18.3 Å². The number of hydrogen-bond donors (Lipinski definition) is 1. The van der Waals surface area contributed by atoms with Crippen molar-refractivity contribution in [2.45, 2.75) is 19.3 Å². The van der Waals surface area contributed by atoms with Gasteiger partial charge in [0.1, 0.15) is 11.4 Å². The van der Waals surface area contributed by atoms with Crippen LogP contribution in [-0.2, 0) is 9.84 Å². The Hall–Kier alpha value is -4.09. The van der Waals surface area contributed by atoms with Gasteiger partial charge in [-0.1, -0.05) is 41.2 Å². The van der Waals surface area contributed by atoms with Crippen molar-refractivity contribution in [2.24, 2.45) is 5.92 Å². The molecule has 1 aliphatic carbocycles. The second kappa shape index (κ2) is 12.2. The molecule has 1 saturated heterocycles. The molecular weight excluding hydrogens is 572 g/mol. The molecule has 2 aromatic heterocycles. The minimum Gasteiger partial charge on any atom is -0.494 e. The molecule has 0 bridgehead atoms. The van der Waals surface area contributed by atoms with Gasteiger partial charge in [-0.25, -0.2) is 17.2 Å². The number of hydrogen-bond acceptors (Lipinski definition) is 9. The number of alkyl halides is 2. The molecule has 3 aromatic rings. The molecule has 0 radical (unpaired) electrons. The fourth-order valence-corrected chi connectivity index (χ4v) is 5.77. The number of nitrogens with zero attached hydrogens (tertiary/aromatic N) is 4. The van der Waals surface area contributed by atoms with E-state index >= 15 is 0 Å². The Morgan fingerprint density at radius 3 is 2.68 bits per heavy atom. The van der Waals surface area contributed by atoms with Crippen molar-refractivity contribution in [3.05, 3.63) is 52.3 Å². The molecule has 5 rings (SSSR count). The monoisotopic (exact) mass is 595 g/mol. The van der Waals surface area contributed by atoms with Crippen molar-refractivity contribution >= 4 is 32.2 Å². The van der Waals surface area contributed by atoms with Gasteiger partial charge in [0.25, 0.3) is 12.3 Å². The maximum atomic E-state index is 13.5. The van der Waals surface area contributed by atoms with E-state index in [0.717, 1.165) is 30.2 Å². The van der Waals surface area contributed by atoms with Crippen molar-refractivity contribution in [3.8, 4) is 40.6 Å². The maximum absolute atomic E-state index is 13.5. The highest BCUT2D eigenvalue weighted by atomic mass is 32.2. The lowest BCUT2D eigenvalue weighted by molar-refractivity contribution is 0.102. The van der Waals surface area contributed by atoms with Crippen LogP contribution in [0.5, 0.6) is 5.75 Å². The van der Waals surface area contributed by atoms with E-state index in [1.54, 1.807) is 6.07 Å². The summed E-state index contributed by atoms with van der Waals surface area (Å²) in [4.78, 5) is 19.0. The highest BCUT2D eigenvalue weighted by Gasteiger charge is 2.22. The molecule has 0 atom stereocenters. The Labute approximate surface area is 240 Å². The van der Waals surface area contributed by atoms with Gasteiger partial charge in [-0.3, -0.25) is 20.0 Å². The number of carbonyl (C=O) groups excluding carboxylic acids is 1. The number of aromatic nitrogens is 3. The van der Waals surface area contributed by atoms with Crippen LogP contribution in [0.1, 0.15) is 45.9 Å². The van der Waals surface area contributed by atoms with Crippen LogP contribution in [0.25, 0.3) is 11.1 Å². The SMILES string of the molecule is COc1cnc(C(F)F)cc1-c1cc(C#CCN2CCS(=O)(=O)CC2)c#cc1C(=O)Nc1nnc(C#CC2CC2)s1. The van der Waals surface area contributed by atoms with Gasteiger partial charge in [-0.2, -0.15) is 0 Å². The second-order valence-corrected chi connectivity index (χ2v) is 12.6. The maximum Gasteiger partial charge on any atom is 0.280 e. The molecule has 0 spiro atoms. The average molecular weight is 596 g/mol. The Balaban J connectivity index is 1.44. The number of methoxy groups -OCH3 is 1. The van der Waals surface area contributed by atoms with Crippen molar-refractivity contribution in [1.29, 1.82) is 0 Å². The summed E-state index contributed by atoms with van der Waals surface area (Å²) in [7, 11) is -1.64. The van der Waals surface area contributed by atoms with Crippen molar-refractivity contribution in [3.63, 3.8) is 0 Å². The number of ether oxygens (including phenoxy) is 1. The van der Waals surface area contributed by atoms with E-state index in [9.17, 15) is 22.0 Å². The molecule has 13 heteroatoms. The van der Waals surface area contributed by atoms with E-state index in [0.29, 0.717) is 36.1 Å². The summed E-state index contributed by atoms with van der Waals surface area (Å²) in [5.74, 6) is 12.1. The molecule has 3 heterocycles. The molecule has 2 fully saturated rings. The quantitative estimate of drug-likeness (QED) is 0.432. The van der Waals surface area contributed by atoms with Crippen LogP contribution >= 0.6 is 11.3 Å². The van der Waals surface area contributed by atoms with Gasteiger partial charge in [0.05, 0.1) is 42.5 Å². The summed E-state index contributed by atoms with van der Waals surface area (Å²) in [6.45, 7) is 1.11. The Morgan fingerprint density at radius 1 is 1.20 bits per heavy atom. The highest BCUT2D eigenvalue weighted by Crippen LogP contribution is 2.35. The number of nitrogens with one attached hydrogen (secondary N) is 1. The number of sulfone groups is 1. The molecule has 210 valence electrons. The molecule has 41 heavy (non-hydrogen) atoms. The zero-order chi connectivity index (χ0) is 29.0. The van der Waals surface area contributed by atoms with Crippen molar-refractivity contribution < 1.29 is 26.7 Å². The van der Waals surface area contributed by atoms with E-state index in [1.807, 2.05) is 4.90 Å². The topological polar surface area (TPSA) is 114 Å². The van der Waals surface area contributed by atoms with Gasteiger partial charge in [-0.05, 0) is 30.9 Å². The molecule has 1 aliphatic heterocycles. The number of amides is 1. The van der Waals surface area contributed by atoms with Gasteiger partial charge in [0, 0.05) is 30.1 Å². The first-order chi connectivity index (χ1) is 19.7. The van der Waals surface area contributed by atoms with E-state index in [2.05, 4.69) is 56.3 Å². The summed E-state index contributed by atoms with van der Waals surface area (Å²) in [5, 5.41) is 11.3. The lowest BCUT2D eigenvalue weighted by Crippen LogP contribution is -2.40. The zero-order valence-electron chi connectivity index (χ0n) is 21.8. The molecule has 1 amide bonds. The van der Waals surface area contributed by atoms with Gasteiger partial charge in [0.15, 0.2) is 14.8 Å². The number of anilines is 1. The highest BCUT2D eigenvalue weighted by molar-refractivity contribution is 7.91. The van der Waals surface area contributed by atoms with Crippen LogP contribution in [0, 0.1) is 41.7 Å². The molecule has 9 nitrogen and oxygen atoms in total. The molecule has 1 N–H and O–H groups in total. The largest absolute Gasteiger partial charge is 0.494 e. The van der Waals surface area contributed by atoms with Crippen LogP contribution in [0.3, 0.4) is 0 Å². The van der Waals surface area contributed by atoms with E-state index in [4.69, 9.17) is 4.74 Å². The smallest absolute Gasteiger partial charge is 0.280 e. The minimum atomic E-state index is -3.01. The number of rotatable bonds is 6. The minimum absolute atomic E-state index is 0.00215. The molecule has 0 unspecified atom stereocenters. The van der Waals surface area contributed by atoms with Crippen LogP contribution in [-0.4, -0.2) is 72.7 Å². The summed E-state index contributed by atoms with van der Waals surface area (Å²) in [6.07, 6.45) is 0.458. The van der Waals surface area contributed by atoms with Gasteiger partial charge in [-0.15, -0.1) is 10.2 Å². The summed E-state index contributed by atoms with van der Waals surface area (Å²) in [5.41, 5.74) is 0.296. The van der Waals surface area contributed by atoms with E-state index in [-0.39, 0.29) is 39.1 Å². The standard InChI is InChI=1S/C28H23F2N5O4S2/c1-39-24-17-31-23(26(29)30)16-22(24)21-15-19(3-2-10-35-11-13-41(37,38)14-12-35)6-8-20(21)27(36)32-28-34-33-25(40-28)9-7-18-4-5-18/h15-18,26H,4-5,10-14H2,1H3,(H,32,34,36). The number of pyridine rings is 1. The van der Waals surface area contributed by atoms with Gasteiger partial charge < -0.3 is 4.74 Å². The number of carbonyl (C=O) groups is 1. The molecular formula is C28H23F2N5O4S2. The predicted octanol–water partition coefficient (Wildman–Crippen LogP) is 3.24. The summed E-state index contributed by atoms with van der Waals surface area (Å²) in [6, 6.07) is 8.36. The van der Waals surface area contributed by atoms with E-state index in [1.165, 1.54) is 13.3 Å². The predicted molar refractivity (Wildman–Crippen MR) is 148 cm³/mol. The molecule has 2 aliphatic rings. The Bertz CT molecular complexity index is 1690. The van der Waals surface area contributed by atoms with Crippen LogP contribution in [0.2, 0.25) is 0 Å². The van der Waals surface area contributed by atoms with Crippen molar-refractivity contribution in [1.82, 2.24) is 20.1 Å². The Kier molecular flexibility index (Phi) is 8.46. The first-order valence-electron chi connectivity index (χ1n) is 12.6.